The van der Waals surface area contributed by atoms with Gasteiger partial charge in [-0.25, -0.2) is 8.42 Å². The van der Waals surface area contributed by atoms with E-state index in [0.717, 1.165) is 16.9 Å². The molecule has 0 radical (unpaired) electrons. The number of anilines is 1. The van der Waals surface area contributed by atoms with Crippen molar-refractivity contribution < 1.29 is 18.0 Å². The molecule has 1 saturated carbocycles. The summed E-state index contributed by atoms with van der Waals surface area (Å²) in [6.45, 7) is 0. The minimum atomic E-state index is -3.21. The van der Waals surface area contributed by atoms with Crippen LogP contribution in [-0.2, 0) is 19.4 Å². The van der Waals surface area contributed by atoms with Crippen LogP contribution >= 0.6 is 22.9 Å². The summed E-state index contributed by atoms with van der Waals surface area (Å²) in [6, 6.07) is 18.1. The Morgan fingerprint density at radius 3 is 2.19 bits per heavy atom. The van der Waals surface area contributed by atoms with Gasteiger partial charge in [-0.1, -0.05) is 54.1 Å². The number of hydrogen-bond acceptors (Lipinski definition) is 5. The van der Waals surface area contributed by atoms with Crippen molar-refractivity contribution in [3.8, 4) is 0 Å². The zero-order valence-electron chi connectivity index (χ0n) is 17.2. The summed E-state index contributed by atoms with van der Waals surface area (Å²) in [4.78, 5) is 26.2. The highest BCUT2D eigenvalue weighted by atomic mass is 35.5. The van der Waals surface area contributed by atoms with Crippen molar-refractivity contribution in [2.75, 3.05) is 11.6 Å². The molecule has 9 heteroatoms. The van der Waals surface area contributed by atoms with Gasteiger partial charge in [0.15, 0.2) is 9.84 Å². The van der Waals surface area contributed by atoms with Crippen molar-refractivity contribution in [3.05, 3.63) is 87.1 Å². The maximum absolute atomic E-state index is 13.1. The number of nitrogens with one attached hydrogen (secondary N) is 2. The summed E-state index contributed by atoms with van der Waals surface area (Å²) >= 11 is 7.06. The van der Waals surface area contributed by atoms with Crippen LogP contribution in [-0.4, -0.2) is 26.5 Å². The fourth-order valence-corrected chi connectivity index (χ4v) is 6.00. The molecule has 0 spiro atoms. The van der Waals surface area contributed by atoms with Crippen molar-refractivity contribution in [2.24, 2.45) is 0 Å². The number of benzene rings is 2. The first kappa shape index (κ1) is 22.5. The molecular weight excluding hydrogens is 468 g/mol. The van der Waals surface area contributed by atoms with Gasteiger partial charge in [0.2, 0.25) is 0 Å². The minimum absolute atomic E-state index is 0.398. The van der Waals surface area contributed by atoms with E-state index in [4.69, 9.17) is 11.6 Å². The van der Waals surface area contributed by atoms with E-state index in [1.54, 1.807) is 60.7 Å². The molecule has 0 aliphatic heterocycles. The quantitative estimate of drug-likeness (QED) is 0.510. The summed E-state index contributed by atoms with van der Waals surface area (Å²) < 4.78 is 23.9. The SMILES string of the molecule is CS(=O)(=O)C1(c2ccc(NC(=O)C(NC(=O)c3ccc(Cl)s3)c3ccccc3)cc2)CC1. The molecular formula is C23H21ClN2O4S2. The van der Waals surface area contributed by atoms with Gasteiger partial charge in [0.25, 0.3) is 11.8 Å². The maximum atomic E-state index is 13.1. The highest BCUT2D eigenvalue weighted by Crippen LogP contribution is 2.52. The molecule has 1 unspecified atom stereocenters. The Labute approximate surface area is 195 Å². The Balaban J connectivity index is 1.53. The van der Waals surface area contributed by atoms with Gasteiger partial charge in [-0.15, -0.1) is 11.3 Å². The molecule has 6 nitrogen and oxygen atoms in total. The van der Waals surface area contributed by atoms with Gasteiger partial charge in [-0.3, -0.25) is 9.59 Å². The van der Waals surface area contributed by atoms with E-state index in [1.165, 1.54) is 6.26 Å². The molecule has 1 aliphatic rings. The number of sulfone groups is 1. The lowest BCUT2D eigenvalue weighted by Gasteiger charge is -2.19. The van der Waals surface area contributed by atoms with Crippen molar-refractivity contribution in [2.45, 2.75) is 23.6 Å². The van der Waals surface area contributed by atoms with Crippen molar-refractivity contribution in [1.82, 2.24) is 5.32 Å². The normalized spacial score (nSPS) is 15.6. The first-order chi connectivity index (χ1) is 15.2. The van der Waals surface area contributed by atoms with Gasteiger partial charge in [0.1, 0.15) is 6.04 Å². The molecule has 1 atom stereocenters. The standard InChI is InChI=1S/C23H21ClN2O4S2/c1-32(29,30)23(13-14-23)16-7-9-17(10-8-16)25-22(28)20(15-5-3-2-4-6-15)26-21(27)18-11-12-19(24)31-18/h2-12,20H,13-14H2,1H3,(H,25,28)(H,26,27). The number of rotatable bonds is 7. The summed E-state index contributed by atoms with van der Waals surface area (Å²) in [5, 5.41) is 5.58. The van der Waals surface area contributed by atoms with E-state index in [0.29, 0.717) is 33.3 Å². The van der Waals surface area contributed by atoms with Crippen LogP contribution in [0.5, 0.6) is 0 Å². The molecule has 4 rings (SSSR count). The van der Waals surface area contributed by atoms with Gasteiger partial charge in [-0.05, 0) is 48.2 Å². The molecule has 2 amide bonds. The highest BCUT2D eigenvalue weighted by Gasteiger charge is 2.53. The molecule has 166 valence electrons. The summed E-state index contributed by atoms with van der Waals surface area (Å²) in [5.41, 5.74) is 1.87. The lowest BCUT2D eigenvalue weighted by Crippen LogP contribution is -2.36. The topological polar surface area (TPSA) is 92.3 Å². The Kier molecular flexibility index (Phi) is 6.11. The van der Waals surface area contributed by atoms with Gasteiger partial charge < -0.3 is 10.6 Å². The first-order valence-corrected chi connectivity index (χ1v) is 13.0. The average Bonchev–Trinajstić information content (AvgIpc) is 3.48. The number of carbonyl (C=O) groups excluding carboxylic acids is 2. The van der Waals surface area contributed by atoms with E-state index in [9.17, 15) is 18.0 Å². The zero-order chi connectivity index (χ0) is 22.9. The Morgan fingerprint density at radius 1 is 1.00 bits per heavy atom. The molecule has 1 fully saturated rings. The van der Waals surface area contributed by atoms with E-state index >= 15 is 0 Å². The monoisotopic (exact) mass is 488 g/mol. The number of carbonyl (C=O) groups is 2. The second kappa shape index (κ2) is 8.69. The number of halogens is 1. The van der Waals surface area contributed by atoms with E-state index < -0.39 is 32.4 Å². The Hall–Kier alpha value is -2.68. The molecule has 1 aromatic heterocycles. The Morgan fingerprint density at radius 2 is 1.66 bits per heavy atom. The fourth-order valence-electron chi connectivity index (χ4n) is 3.64. The van der Waals surface area contributed by atoms with Crippen molar-refractivity contribution >= 4 is 50.3 Å². The van der Waals surface area contributed by atoms with Gasteiger partial charge in [0, 0.05) is 11.9 Å². The zero-order valence-corrected chi connectivity index (χ0v) is 19.6. The smallest absolute Gasteiger partial charge is 0.262 e. The van der Waals surface area contributed by atoms with E-state index in [2.05, 4.69) is 10.6 Å². The molecule has 3 aromatic rings. The van der Waals surface area contributed by atoms with Crippen LogP contribution in [0.3, 0.4) is 0 Å². The predicted octanol–water partition coefficient (Wildman–Crippen LogP) is 4.55. The lowest BCUT2D eigenvalue weighted by atomic mass is 10.1. The average molecular weight is 489 g/mol. The maximum Gasteiger partial charge on any atom is 0.262 e. The minimum Gasteiger partial charge on any atom is -0.336 e. The van der Waals surface area contributed by atoms with E-state index in [-0.39, 0.29) is 0 Å². The van der Waals surface area contributed by atoms with Crippen LogP contribution in [0.4, 0.5) is 5.69 Å². The summed E-state index contributed by atoms with van der Waals surface area (Å²) in [6.07, 6.45) is 2.46. The third kappa shape index (κ3) is 4.57. The lowest BCUT2D eigenvalue weighted by molar-refractivity contribution is -0.118. The molecule has 1 aliphatic carbocycles. The van der Waals surface area contributed by atoms with Crippen molar-refractivity contribution in [1.29, 1.82) is 0 Å². The molecule has 32 heavy (non-hydrogen) atoms. The number of thiophene rings is 1. The third-order valence-corrected chi connectivity index (χ3v) is 8.85. The fraction of sp³-hybridized carbons (Fsp3) is 0.217. The predicted molar refractivity (Wildman–Crippen MR) is 127 cm³/mol. The molecule has 0 bridgehead atoms. The van der Waals surface area contributed by atoms with Crippen LogP contribution in [0.2, 0.25) is 4.34 Å². The number of amides is 2. The second-order valence-corrected chi connectivity index (χ2v) is 11.8. The Bertz CT molecular complexity index is 1250. The molecule has 0 saturated heterocycles. The summed E-state index contributed by atoms with van der Waals surface area (Å²) in [5.74, 6) is -0.811. The second-order valence-electron chi connectivity index (χ2n) is 7.75. The van der Waals surface area contributed by atoms with Gasteiger partial charge >= 0.3 is 0 Å². The van der Waals surface area contributed by atoms with Crippen molar-refractivity contribution in [3.63, 3.8) is 0 Å². The molecule has 1 heterocycles. The largest absolute Gasteiger partial charge is 0.336 e. The van der Waals surface area contributed by atoms with Crippen LogP contribution in [0, 0.1) is 0 Å². The van der Waals surface area contributed by atoms with Gasteiger partial charge in [0.05, 0.1) is 14.0 Å². The molecule has 2 aromatic carbocycles. The van der Waals surface area contributed by atoms with Crippen LogP contribution < -0.4 is 10.6 Å². The highest BCUT2D eigenvalue weighted by molar-refractivity contribution is 7.92. The van der Waals surface area contributed by atoms with E-state index in [1.807, 2.05) is 6.07 Å². The van der Waals surface area contributed by atoms with Gasteiger partial charge in [-0.2, -0.15) is 0 Å². The number of hydrogen-bond donors (Lipinski definition) is 2. The van der Waals surface area contributed by atoms with Crippen LogP contribution in [0.1, 0.15) is 39.7 Å². The third-order valence-electron chi connectivity index (χ3n) is 5.56. The first-order valence-electron chi connectivity index (χ1n) is 9.92. The van der Waals surface area contributed by atoms with Crippen LogP contribution in [0.15, 0.2) is 66.7 Å². The van der Waals surface area contributed by atoms with Crippen LogP contribution in [0.25, 0.3) is 0 Å². The molecule has 2 N–H and O–H groups in total. The summed E-state index contributed by atoms with van der Waals surface area (Å²) in [7, 11) is -3.21.